The first kappa shape index (κ1) is 9.65. The molecule has 0 saturated carbocycles. The van der Waals surface area contributed by atoms with Crippen molar-refractivity contribution in [2.45, 2.75) is 12.8 Å². The average molecular weight is 199 g/mol. The highest BCUT2D eigenvalue weighted by molar-refractivity contribution is 5.39. The quantitative estimate of drug-likeness (QED) is 0.767. The molecule has 1 aromatic heterocycles. The molecule has 0 aliphatic heterocycles. The summed E-state index contributed by atoms with van der Waals surface area (Å²) in [7, 11) is 0. The van der Waals surface area contributed by atoms with Gasteiger partial charge in [0.25, 0.3) is 0 Å². The van der Waals surface area contributed by atoms with Gasteiger partial charge in [-0.15, -0.1) is 0 Å². The van der Waals surface area contributed by atoms with Gasteiger partial charge in [-0.3, -0.25) is 9.97 Å². The molecule has 0 fully saturated rings. The topological polar surface area (TPSA) is 51.8 Å². The van der Waals surface area contributed by atoms with Crippen LogP contribution in [0.25, 0.3) is 0 Å². The van der Waals surface area contributed by atoms with Gasteiger partial charge < -0.3 is 5.73 Å². The van der Waals surface area contributed by atoms with E-state index in [1.165, 1.54) is 5.56 Å². The zero-order valence-electron chi connectivity index (χ0n) is 8.43. The molecule has 2 aromatic rings. The standard InChI is InChI=1S/C12H13N3/c13-11-4-1-10(2-5-11)3-6-12-9-14-7-8-15-12/h1-2,4-5,7-9H,3,6,13H2. The fourth-order valence-electron chi connectivity index (χ4n) is 1.42. The van der Waals surface area contributed by atoms with Crippen LogP contribution in [0.2, 0.25) is 0 Å². The monoisotopic (exact) mass is 199 g/mol. The molecule has 2 N–H and O–H groups in total. The first-order chi connectivity index (χ1) is 7.34. The highest BCUT2D eigenvalue weighted by Crippen LogP contribution is 2.08. The Hall–Kier alpha value is -1.90. The lowest BCUT2D eigenvalue weighted by Crippen LogP contribution is -1.95. The van der Waals surface area contributed by atoms with Gasteiger partial charge >= 0.3 is 0 Å². The fraction of sp³-hybridized carbons (Fsp3) is 0.167. The summed E-state index contributed by atoms with van der Waals surface area (Å²) in [5, 5.41) is 0. The summed E-state index contributed by atoms with van der Waals surface area (Å²) in [5.41, 5.74) is 8.71. The summed E-state index contributed by atoms with van der Waals surface area (Å²) < 4.78 is 0. The molecule has 76 valence electrons. The lowest BCUT2D eigenvalue weighted by molar-refractivity contribution is 0.899. The number of nitrogens with zero attached hydrogens (tertiary/aromatic N) is 2. The molecule has 0 spiro atoms. The second-order valence-electron chi connectivity index (χ2n) is 3.44. The minimum absolute atomic E-state index is 0.804. The molecule has 0 radical (unpaired) electrons. The van der Waals surface area contributed by atoms with E-state index in [4.69, 9.17) is 5.73 Å². The summed E-state index contributed by atoms with van der Waals surface area (Å²) in [6.45, 7) is 0. The van der Waals surface area contributed by atoms with E-state index in [0.29, 0.717) is 0 Å². The number of nitrogens with two attached hydrogens (primary N) is 1. The van der Waals surface area contributed by atoms with Gasteiger partial charge in [0, 0.05) is 24.3 Å². The summed E-state index contributed by atoms with van der Waals surface area (Å²) in [4.78, 5) is 8.25. The van der Waals surface area contributed by atoms with Crippen LogP contribution in [-0.2, 0) is 12.8 Å². The molecule has 0 aliphatic rings. The third-order valence-corrected chi connectivity index (χ3v) is 2.27. The van der Waals surface area contributed by atoms with E-state index in [2.05, 4.69) is 9.97 Å². The zero-order chi connectivity index (χ0) is 10.5. The number of aryl methyl sites for hydroxylation is 2. The lowest BCUT2D eigenvalue weighted by Gasteiger charge is -2.01. The maximum atomic E-state index is 5.61. The van der Waals surface area contributed by atoms with Crippen LogP contribution in [-0.4, -0.2) is 9.97 Å². The smallest absolute Gasteiger partial charge is 0.0589 e. The summed E-state index contributed by atoms with van der Waals surface area (Å²) in [5.74, 6) is 0. The second kappa shape index (κ2) is 4.55. The molecule has 15 heavy (non-hydrogen) atoms. The van der Waals surface area contributed by atoms with Crippen molar-refractivity contribution in [3.05, 3.63) is 54.1 Å². The third kappa shape index (κ3) is 2.77. The van der Waals surface area contributed by atoms with Gasteiger partial charge in [0.1, 0.15) is 0 Å². The molecular weight excluding hydrogens is 186 g/mol. The summed E-state index contributed by atoms with van der Waals surface area (Å²) >= 11 is 0. The molecule has 0 bridgehead atoms. The van der Waals surface area contributed by atoms with Crippen molar-refractivity contribution < 1.29 is 0 Å². The molecule has 0 aliphatic carbocycles. The van der Waals surface area contributed by atoms with Gasteiger partial charge in [-0.1, -0.05) is 12.1 Å². The normalized spacial score (nSPS) is 10.1. The maximum Gasteiger partial charge on any atom is 0.0589 e. The van der Waals surface area contributed by atoms with Crippen LogP contribution in [0.3, 0.4) is 0 Å². The van der Waals surface area contributed by atoms with Crippen LogP contribution >= 0.6 is 0 Å². The minimum Gasteiger partial charge on any atom is -0.399 e. The van der Waals surface area contributed by atoms with E-state index in [9.17, 15) is 0 Å². The largest absolute Gasteiger partial charge is 0.399 e. The van der Waals surface area contributed by atoms with Gasteiger partial charge in [0.15, 0.2) is 0 Å². The van der Waals surface area contributed by atoms with Gasteiger partial charge in [0.05, 0.1) is 5.69 Å². The second-order valence-corrected chi connectivity index (χ2v) is 3.44. The Kier molecular flexibility index (Phi) is 2.93. The molecule has 1 heterocycles. The van der Waals surface area contributed by atoms with Crippen molar-refractivity contribution in [3.8, 4) is 0 Å². The Bertz CT molecular complexity index is 409. The first-order valence-electron chi connectivity index (χ1n) is 4.94. The Morgan fingerprint density at radius 1 is 1.00 bits per heavy atom. The first-order valence-corrected chi connectivity index (χ1v) is 4.94. The van der Waals surface area contributed by atoms with E-state index in [1.807, 2.05) is 24.3 Å². The molecule has 0 amide bonds. The average Bonchev–Trinajstić information content (AvgIpc) is 2.30. The van der Waals surface area contributed by atoms with Crippen LogP contribution in [0.4, 0.5) is 5.69 Å². The van der Waals surface area contributed by atoms with Gasteiger partial charge in [-0.05, 0) is 30.5 Å². The molecule has 2 rings (SSSR count). The van der Waals surface area contributed by atoms with E-state index in [0.717, 1.165) is 24.2 Å². The number of aromatic nitrogens is 2. The van der Waals surface area contributed by atoms with Crippen LogP contribution in [0.15, 0.2) is 42.9 Å². The maximum absolute atomic E-state index is 5.61. The number of rotatable bonds is 3. The van der Waals surface area contributed by atoms with Crippen LogP contribution in [0, 0.1) is 0 Å². The number of nitrogen functional groups attached to an aromatic ring is 1. The van der Waals surface area contributed by atoms with Crippen molar-refractivity contribution in [1.29, 1.82) is 0 Å². The van der Waals surface area contributed by atoms with Crippen LogP contribution < -0.4 is 5.73 Å². The number of anilines is 1. The van der Waals surface area contributed by atoms with E-state index in [-0.39, 0.29) is 0 Å². The predicted molar refractivity (Wildman–Crippen MR) is 60.3 cm³/mol. The Morgan fingerprint density at radius 3 is 2.47 bits per heavy atom. The van der Waals surface area contributed by atoms with Gasteiger partial charge in [0.2, 0.25) is 0 Å². The molecule has 0 unspecified atom stereocenters. The number of benzene rings is 1. The molecule has 1 aromatic carbocycles. The van der Waals surface area contributed by atoms with Gasteiger partial charge in [-0.25, -0.2) is 0 Å². The molecular formula is C12H13N3. The molecule has 0 atom stereocenters. The highest BCUT2D eigenvalue weighted by Gasteiger charge is 1.96. The van der Waals surface area contributed by atoms with Crippen molar-refractivity contribution >= 4 is 5.69 Å². The van der Waals surface area contributed by atoms with E-state index in [1.54, 1.807) is 18.6 Å². The minimum atomic E-state index is 0.804. The Balaban J connectivity index is 1.96. The van der Waals surface area contributed by atoms with Crippen molar-refractivity contribution in [1.82, 2.24) is 9.97 Å². The van der Waals surface area contributed by atoms with Crippen molar-refractivity contribution in [3.63, 3.8) is 0 Å². The number of hydrogen-bond donors (Lipinski definition) is 1. The molecule has 0 saturated heterocycles. The highest BCUT2D eigenvalue weighted by atomic mass is 14.8. The SMILES string of the molecule is Nc1ccc(CCc2cnccn2)cc1. The predicted octanol–water partition coefficient (Wildman–Crippen LogP) is 1.84. The van der Waals surface area contributed by atoms with Crippen molar-refractivity contribution in [2.24, 2.45) is 0 Å². The Labute approximate surface area is 89.0 Å². The van der Waals surface area contributed by atoms with Crippen LogP contribution in [0.1, 0.15) is 11.3 Å². The molecule has 3 heteroatoms. The molecule has 3 nitrogen and oxygen atoms in total. The fourth-order valence-corrected chi connectivity index (χ4v) is 1.42. The Morgan fingerprint density at radius 2 is 1.80 bits per heavy atom. The van der Waals surface area contributed by atoms with E-state index < -0.39 is 0 Å². The summed E-state index contributed by atoms with van der Waals surface area (Å²) in [6, 6.07) is 7.94. The number of hydrogen-bond acceptors (Lipinski definition) is 3. The van der Waals surface area contributed by atoms with Crippen LogP contribution in [0.5, 0.6) is 0 Å². The van der Waals surface area contributed by atoms with E-state index >= 15 is 0 Å². The zero-order valence-corrected chi connectivity index (χ0v) is 8.43. The lowest BCUT2D eigenvalue weighted by atomic mass is 10.1. The van der Waals surface area contributed by atoms with Crippen molar-refractivity contribution in [2.75, 3.05) is 5.73 Å². The van der Waals surface area contributed by atoms with Gasteiger partial charge in [-0.2, -0.15) is 0 Å². The third-order valence-electron chi connectivity index (χ3n) is 2.27. The summed E-state index contributed by atoms with van der Waals surface area (Å²) in [6.07, 6.45) is 7.10.